The molecule has 1 saturated carbocycles. The van der Waals surface area contributed by atoms with Crippen molar-refractivity contribution < 1.29 is 14.3 Å². The lowest BCUT2D eigenvalue weighted by Gasteiger charge is -2.41. The Morgan fingerprint density at radius 1 is 1.29 bits per heavy atom. The zero-order valence-corrected chi connectivity index (χ0v) is 17.1. The minimum Gasteiger partial charge on any atom is -0.490 e. The van der Waals surface area contributed by atoms with Crippen molar-refractivity contribution in [2.45, 2.75) is 64.3 Å². The molecule has 2 fully saturated rings. The monoisotopic (exact) mass is 404 g/mol. The summed E-state index contributed by atoms with van der Waals surface area (Å²) in [6, 6.07) is 1.84. The number of carbonyl (C=O) groups is 1. The van der Waals surface area contributed by atoms with Gasteiger partial charge in [-0.25, -0.2) is 9.78 Å². The molecule has 2 aromatic rings. The second kappa shape index (κ2) is 7.28. The van der Waals surface area contributed by atoms with Gasteiger partial charge in [-0.15, -0.1) is 0 Å². The lowest BCUT2D eigenvalue weighted by molar-refractivity contribution is -0.00883. The molecular formula is C20H25ClN4O3. The third kappa shape index (κ3) is 4.41. The Morgan fingerprint density at radius 3 is 2.71 bits per heavy atom. The number of hydrogen-bond donors (Lipinski definition) is 0. The van der Waals surface area contributed by atoms with Crippen LogP contribution in [0.3, 0.4) is 0 Å². The van der Waals surface area contributed by atoms with Gasteiger partial charge in [0.25, 0.3) is 0 Å². The number of pyridine rings is 1. The topological polar surface area (TPSA) is 69.5 Å². The van der Waals surface area contributed by atoms with Crippen LogP contribution in [-0.4, -0.2) is 50.0 Å². The Hall–Kier alpha value is -2.28. The number of carbonyl (C=O) groups excluding carboxylic acids is 1. The predicted molar refractivity (Wildman–Crippen MR) is 105 cm³/mol. The second-order valence-corrected chi connectivity index (χ2v) is 8.77. The van der Waals surface area contributed by atoms with Gasteiger partial charge in [0.2, 0.25) is 0 Å². The molecular weight excluding hydrogens is 380 g/mol. The third-order valence-corrected chi connectivity index (χ3v) is 4.97. The number of amides is 1. The number of hydrogen-bond acceptors (Lipinski definition) is 5. The molecule has 2 aromatic heterocycles. The molecule has 1 atom stereocenters. The molecule has 0 radical (unpaired) electrons. The molecule has 3 heterocycles. The highest BCUT2D eigenvalue weighted by atomic mass is 35.5. The molecule has 8 heteroatoms. The van der Waals surface area contributed by atoms with Crippen molar-refractivity contribution in [3.63, 3.8) is 0 Å². The molecule has 1 aliphatic heterocycles. The van der Waals surface area contributed by atoms with Crippen LogP contribution >= 0.6 is 11.6 Å². The Bertz CT molecular complexity index is 873. The summed E-state index contributed by atoms with van der Waals surface area (Å²) in [7, 11) is 0. The molecule has 150 valence electrons. The van der Waals surface area contributed by atoms with Crippen LogP contribution in [0, 0.1) is 0 Å². The van der Waals surface area contributed by atoms with Gasteiger partial charge in [-0.1, -0.05) is 11.6 Å². The van der Waals surface area contributed by atoms with Crippen molar-refractivity contribution in [1.29, 1.82) is 0 Å². The van der Waals surface area contributed by atoms with Crippen LogP contribution in [0.4, 0.5) is 4.79 Å². The molecule has 7 nitrogen and oxygen atoms in total. The van der Waals surface area contributed by atoms with Crippen LogP contribution in [0.15, 0.2) is 24.7 Å². The van der Waals surface area contributed by atoms with Gasteiger partial charge in [-0.05, 0) is 40.0 Å². The molecule has 1 saturated heterocycles. The van der Waals surface area contributed by atoms with Gasteiger partial charge in [0.15, 0.2) is 0 Å². The number of likely N-dealkylation sites (tertiary alicyclic amines) is 1. The lowest BCUT2D eigenvalue weighted by atomic mass is 10.0. The summed E-state index contributed by atoms with van der Waals surface area (Å²) in [5.74, 6) is 0.737. The van der Waals surface area contributed by atoms with Crippen LogP contribution < -0.4 is 4.74 Å². The Labute approximate surface area is 169 Å². The fourth-order valence-corrected chi connectivity index (χ4v) is 3.25. The summed E-state index contributed by atoms with van der Waals surface area (Å²) in [5.41, 5.74) is 1.30. The molecule has 1 aliphatic carbocycles. The molecule has 0 aromatic carbocycles. The molecule has 1 unspecified atom stereocenters. The molecule has 2 aliphatic rings. The highest BCUT2D eigenvalue weighted by Gasteiger charge is 2.35. The quantitative estimate of drug-likeness (QED) is 0.700. The standard InChI is InChI=1S/C20H25ClN4O3/c1-20(2,3)28-19(26)25-7-6-14(25)12-24-11-13(9-23-24)16-10-22-18(21)8-17(16)27-15-4-5-15/h8-11,14-15H,4-7,12H2,1-3H3. The fraction of sp³-hybridized carbons (Fsp3) is 0.550. The fourth-order valence-electron chi connectivity index (χ4n) is 3.10. The van der Waals surface area contributed by atoms with Crippen molar-refractivity contribution in [2.75, 3.05) is 6.54 Å². The van der Waals surface area contributed by atoms with Crippen LogP contribution in [-0.2, 0) is 11.3 Å². The van der Waals surface area contributed by atoms with Crippen LogP contribution in [0.1, 0.15) is 40.0 Å². The van der Waals surface area contributed by atoms with Crippen molar-refractivity contribution in [3.05, 3.63) is 29.8 Å². The van der Waals surface area contributed by atoms with Gasteiger partial charge >= 0.3 is 6.09 Å². The number of halogens is 1. The van der Waals surface area contributed by atoms with Gasteiger partial charge in [0.05, 0.1) is 24.9 Å². The summed E-state index contributed by atoms with van der Waals surface area (Å²) in [6.45, 7) is 6.97. The van der Waals surface area contributed by atoms with Gasteiger partial charge in [-0.2, -0.15) is 5.10 Å². The van der Waals surface area contributed by atoms with E-state index in [1.165, 1.54) is 0 Å². The first kappa shape index (κ1) is 19.1. The number of aromatic nitrogens is 3. The summed E-state index contributed by atoms with van der Waals surface area (Å²) in [4.78, 5) is 18.2. The summed E-state index contributed by atoms with van der Waals surface area (Å²) in [6.07, 6.45) is 8.55. The van der Waals surface area contributed by atoms with Crippen molar-refractivity contribution in [2.24, 2.45) is 0 Å². The Balaban J connectivity index is 1.45. The molecule has 0 bridgehead atoms. The van der Waals surface area contributed by atoms with Crippen molar-refractivity contribution in [1.82, 2.24) is 19.7 Å². The van der Waals surface area contributed by atoms with Crippen LogP contribution in [0.2, 0.25) is 5.15 Å². The van der Waals surface area contributed by atoms with Crippen molar-refractivity contribution >= 4 is 17.7 Å². The largest absolute Gasteiger partial charge is 0.490 e. The van der Waals surface area contributed by atoms with Crippen LogP contribution in [0.25, 0.3) is 11.1 Å². The van der Waals surface area contributed by atoms with E-state index in [-0.39, 0.29) is 18.2 Å². The highest BCUT2D eigenvalue weighted by molar-refractivity contribution is 6.29. The highest BCUT2D eigenvalue weighted by Crippen LogP contribution is 2.35. The minimum atomic E-state index is -0.490. The molecule has 4 rings (SSSR count). The number of rotatable bonds is 5. The zero-order valence-electron chi connectivity index (χ0n) is 16.4. The molecule has 0 N–H and O–H groups in total. The van der Waals surface area contributed by atoms with E-state index in [1.807, 2.05) is 31.6 Å². The first-order valence-corrected chi connectivity index (χ1v) is 10.0. The Kier molecular flexibility index (Phi) is 4.95. The Morgan fingerprint density at radius 2 is 2.07 bits per heavy atom. The van der Waals surface area contributed by atoms with E-state index in [9.17, 15) is 4.79 Å². The molecule has 0 spiro atoms. The number of ether oxygens (including phenoxy) is 2. The van der Waals surface area contributed by atoms with E-state index >= 15 is 0 Å². The van der Waals surface area contributed by atoms with E-state index in [0.717, 1.165) is 36.1 Å². The predicted octanol–water partition coefficient (Wildman–Crippen LogP) is 4.15. The molecule has 28 heavy (non-hydrogen) atoms. The number of nitrogens with zero attached hydrogens (tertiary/aromatic N) is 4. The van der Waals surface area contributed by atoms with E-state index in [4.69, 9.17) is 21.1 Å². The summed E-state index contributed by atoms with van der Waals surface area (Å²) >= 11 is 6.04. The third-order valence-electron chi connectivity index (χ3n) is 4.76. The zero-order chi connectivity index (χ0) is 19.9. The SMILES string of the molecule is CC(C)(C)OC(=O)N1CCC1Cn1cc(-c2cnc(Cl)cc2OC2CC2)cn1. The second-order valence-electron chi connectivity index (χ2n) is 8.39. The van der Waals surface area contributed by atoms with E-state index in [1.54, 1.807) is 23.4 Å². The maximum absolute atomic E-state index is 12.3. The molecule has 1 amide bonds. The normalized spacial score (nSPS) is 19.3. The van der Waals surface area contributed by atoms with Gasteiger partial charge in [-0.3, -0.25) is 4.68 Å². The summed E-state index contributed by atoms with van der Waals surface area (Å²) in [5, 5.41) is 4.87. The van der Waals surface area contributed by atoms with Gasteiger partial charge < -0.3 is 14.4 Å². The maximum atomic E-state index is 12.3. The van der Waals surface area contributed by atoms with E-state index in [0.29, 0.717) is 18.2 Å². The van der Waals surface area contributed by atoms with E-state index < -0.39 is 5.60 Å². The first-order valence-electron chi connectivity index (χ1n) is 9.63. The summed E-state index contributed by atoms with van der Waals surface area (Å²) < 4.78 is 13.3. The smallest absolute Gasteiger partial charge is 0.410 e. The van der Waals surface area contributed by atoms with E-state index in [2.05, 4.69) is 10.1 Å². The van der Waals surface area contributed by atoms with Gasteiger partial charge in [0.1, 0.15) is 16.5 Å². The van der Waals surface area contributed by atoms with Gasteiger partial charge in [0, 0.05) is 36.1 Å². The first-order chi connectivity index (χ1) is 13.3. The average molecular weight is 405 g/mol. The minimum absolute atomic E-state index is 0.0909. The lowest BCUT2D eigenvalue weighted by Crippen LogP contribution is -2.54. The average Bonchev–Trinajstić information content (AvgIpc) is 3.25. The van der Waals surface area contributed by atoms with Crippen molar-refractivity contribution in [3.8, 4) is 16.9 Å². The van der Waals surface area contributed by atoms with Crippen LogP contribution in [0.5, 0.6) is 5.75 Å². The maximum Gasteiger partial charge on any atom is 0.410 e.